The second-order valence-corrected chi connectivity index (χ2v) is 4.47. The van der Waals surface area contributed by atoms with Crippen molar-refractivity contribution in [3.8, 4) is 0 Å². The van der Waals surface area contributed by atoms with Crippen LogP contribution >= 0.6 is 0 Å². The van der Waals surface area contributed by atoms with Crippen LogP contribution in [-0.4, -0.2) is 6.54 Å². The number of hydrogen-bond acceptors (Lipinski definition) is 1. The van der Waals surface area contributed by atoms with E-state index in [-0.39, 0.29) is 0 Å². The van der Waals surface area contributed by atoms with Crippen molar-refractivity contribution in [1.29, 1.82) is 0 Å². The molecule has 1 N–H and O–H groups in total. The number of hydrogen-bond donors (Lipinski definition) is 1. The molecule has 0 aliphatic rings. The molecule has 0 unspecified atom stereocenters. The van der Waals surface area contributed by atoms with Gasteiger partial charge in [-0.2, -0.15) is 0 Å². The largest absolute Gasteiger partial charge is 0.306 e. The highest BCUT2D eigenvalue weighted by Gasteiger charge is 2.13. The van der Waals surface area contributed by atoms with E-state index in [2.05, 4.69) is 63.0 Å². The molecule has 1 heteroatoms. The average molecular weight is 203 g/mol. The summed E-state index contributed by atoms with van der Waals surface area (Å²) in [5.41, 5.74) is 2.53. The fourth-order valence-corrected chi connectivity index (χ4v) is 1.68. The minimum Gasteiger partial charge on any atom is -0.306 e. The Morgan fingerprint density at radius 1 is 1.27 bits per heavy atom. The molecule has 0 fully saturated rings. The third kappa shape index (κ3) is 3.88. The van der Waals surface area contributed by atoms with Crippen molar-refractivity contribution in [1.82, 2.24) is 5.32 Å². The first kappa shape index (κ1) is 12.0. The van der Waals surface area contributed by atoms with E-state index in [0.717, 1.165) is 6.54 Å². The van der Waals surface area contributed by atoms with Crippen molar-refractivity contribution in [3.05, 3.63) is 48.0 Å². The van der Waals surface area contributed by atoms with Crippen LogP contribution < -0.4 is 5.32 Å². The Morgan fingerprint density at radius 3 is 2.33 bits per heavy atom. The van der Waals surface area contributed by atoms with Gasteiger partial charge in [0.25, 0.3) is 0 Å². The molecule has 0 amide bonds. The maximum atomic E-state index is 3.92. The fraction of sp³-hybridized carbons (Fsp3) is 0.429. The van der Waals surface area contributed by atoms with Gasteiger partial charge in [-0.25, -0.2) is 0 Å². The van der Waals surface area contributed by atoms with Crippen LogP contribution in [0.1, 0.15) is 32.4 Å². The minimum absolute atomic E-state index is 0.419. The molecule has 1 nitrogen and oxygen atoms in total. The smallest absolute Gasteiger partial charge is 0.0346 e. The molecule has 0 aliphatic heterocycles. The topological polar surface area (TPSA) is 12.0 Å². The van der Waals surface area contributed by atoms with Gasteiger partial charge in [0.05, 0.1) is 0 Å². The second kappa shape index (κ2) is 5.72. The van der Waals surface area contributed by atoms with Gasteiger partial charge in [-0.15, -0.1) is 0 Å². The van der Waals surface area contributed by atoms with E-state index in [1.165, 1.54) is 11.1 Å². The fourth-order valence-electron chi connectivity index (χ4n) is 1.68. The molecular formula is C14H21N. The first-order valence-corrected chi connectivity index (χ1v) is 5.54. The quantitative estimate of drug-likeness (QED) is 0.722. The van der Waals surface area contributed by atoms with Gasteiger partial charge in [0, 0.05) is 12.6 Å². The van der Waals surface area contributed by atoms with Gasteiger partial charge in [0.1, 0.15) is 0 Å². The molecule has 0 aliphatic carbocycles. The van der Waals surface area contributed by atoms with Gasteiger partial charge in [-0.1, -0.05) is 56.3 Å². The molecule has 15 heavy (non-hydrogen) atoms. The van der Waals surface area contributed by atoms with E-state index in [0.29, 0.717) is 12.0 Å². The SMILES string of the molecule is C=C(C)CN[C@H](c1ccccc1)C(C)C. The maximum absolute atomic E-state index is 3.92. The lowest BCUT2D eigenvalue weighted by atomic mass is 9.96. The molecule has 1 atom stereocenters. The van der Waals surface area contributed by atoms with Crippen molar-refractivity contribution < 1.29 is 0 Å². The van der Waals surface area contributed by atoms with Crippen molar-refractivity contribution in [2.24, 2.45) is 5.92 Å². The van der Waals surface area contributed by atoms with Crippen molar-refractivity contribution in [2.75, 3.05) is 6.54 Å². The Labute approximate surface area is 93.2 Å². The van der Waals surface area contributed by atoms with Gasteiger partial charge in [0.2, 0.25) is 0 Å². The Balaban J connectivity index is 2.70. The lowest BCUT2D eigenvalue weighted by molar-refractivity contribution is 0.426. The summed E-state index contributed by atoms with van der Waals surface area (Å²) < 4.78 is 0. The van der Waals surface area contributed by atoms with Crippen LogP contribution in [0.2, 0.25) is 0 Å². The molecule has 0 heterocycles. The van der Waals surface area contributed by atoms with Gasteiger partial charge in [-0.05, 0) is 18.4 Å². The van der Waals surface area contributed by atoms with Gasteiger partial charge in [0.15, 0.2) is 0 Å². The summed E-state index contributed by atoms with van der Waals surface area (Å²) >= 11 is 0. The molecule has 1 aromatic carbocycles. The highest BCUT2D eigenvalue weighted by atomic mass is 14.9. The Hall–Kier alpha value is -1.08. The molecule has 0 aromatic heterocycles. The van der Waals surface area contributed by atoms with Crippen molar-refractivity contribution >= 4 is 0 Å². The number of rotatable bonds is 5. The van der Waals surface area contributed by atoms with Crippen LogP contribution in [0.4, 0.5) is 0 Å². The summed E-state index contributed by atoms with van der Waals surface area (Å²) in [7, 11) is 0. The Morgan fingerprint density at radius 2 is 1.87 bits per heavy atom. The second-order valence-electron chi connectivity index (χ2n) is 4.47. The summed E-state index contributed by atoms with van der Waals surface area (Å²) in [5.74, 6) is 0.590. The first-order chi connectivity index (χ1) is 7.11. The van der Waals surface area contributed by atoms with Gasteiger partial charge in [-0.3, -0.25) is 0 Å². The van der Waals surface area contributed by atoms with Crippen LogP contribution in [-0.2, 0) is 0 Å². The standard InChI is InChI=1S/C14H21N/c1-11(2)10-15-14(12(3)4)13-8-6-5-7-9-13/h5-9,12,14-15H,1,10H2,2-4H3/t14-/m0/s1. The predicted molar refractivity (Wildman–Crippen MR) is 66.8 cm³/mol. The third-order valence-electron chi connectivity index (χ3n) is 2.45. The highest BCUT2D eigenvalue weighted by molar-refractivity contribution is 5.19. The normalized spacial score (nSPS) is 12.8. The van der Waals surface area contributed by atoms with Crippen molar-refractivity contribution in [2.45, 2.75) is 26.8 Å². The van der Waals surface area contributed by atoms with E-state index >= 15 is 0 Å². The first-order valence-electron chi connectivity index (χ1n) is 5.54. The highest BCUT2D eigenvalue weighted by Crippen LogP contribution is 2.21. The van der Waals surface area contributed by atoms with Crippen LogP contribution in [0.15, 0.2) is 42.5 Å². The molecule has 82 valence electrons. The van der Waals surface area contributed by atoms with Crippen LogP contribution in [0.25, 0.3) is 0 Å². The summed E-state index contributed by atoms with van der Waals surface area (Å²) in [6, 6.07) is 11.0. The summed E-state index contributed by atoms with van der Waals surface area (Å²) in [6.07, 6.45) is 0. The summed E-state index contributed by atoms with van der Waals surface area (Å²) in [4.78, 5) is 0. The van der Waals surface area contributed by atoms with E-state index in [1.54, 1.807) is 0 Å². The third-order valence-corrected chi connectivity index (χ3v) is 2.45. The lowest BCUT2D eigenvalue weighted by Gasteiger charge is -2.23. The summed E-state index contributed by atoms with van der Waals surface area (Å²) in [6.45, 7) is 11.3. The van der Waals surface area contributed by atoms with E-state index < -0.39 is 0 Å². The molecule has 0 saturated heterocycles. The monoisotopic (exact) mass is 203 g/mol. The van der Waals surface area contributed by atoms with Crippen LogP contribution in [0.5, 0.6) is 0 Å². The average Bonchev–Trinajstić information content (AvgIpc) is 2.18. The van der Waals surface area contributed by atoms with E-state index in [1.807, 2.05) is 0 Å². The lowest BCUT2D eigenvalue weighted by Crippen LogP contribution is -2.26. The zero-order chi connectivity index (χ0) is 11.3. The molecule has 0 spiro atoms. The predicted octanol–water partition coefficient (Wildman–Crippen LogP) is 3.55. The Bertz CT molecular complexity index is 300. The van der Waals surface area contributed by atoms with Crippen molar-refractivity contribution in [3.63, 3.8) is 0 Å². The molecular weight excluding hydrogens is 182 g/mol. The Kier molecular flexibility index (Phi) is 4.57. The van der Waals surface area contributed by atoms with E-state index in [9.17, 15) is 0 Å². The molecule has 0 saturated carbocycles. The zero-order valence-corrected chi connectivity index (χ0v) is 9.96. The maximum Gasteiger partial charge on any atom is 0.0346 e. The minimum atomic E-state index is 0.419. The zero-order valence-electron chi connectivity index (χ0n) is 9.96. The molecule has 1 rings (SSSR count). The van der Waals surface area contributed by atoms with Gasteiger partial charge < -0.3 is 5.32 Å². The van der Waals surface area contributed by atoms with E-state index in [4.69, 9.17) is 0 Å². The summed E-state index contributed by atoms with van der Waals surface area (Å²) in [5, 5.41) is 3.54. The number of benzene rings is 1. The van der Waals surface area contributed by atoms with Crippen LogP contribution in [0, 0.1) is 5.92 Å². The molecule has 0 bridgehead atoms. The molecule has 1 aromatic rings. The molecule has 0 radical (unpaired) electrons. The van der Waals surface area contributed by atoms with Gasteiger partial charge >= 0.3 is 0 Å². The van der Waals surface area contributed by atoms with Crippen LogP contribution in [0.3, 0.4) is 0 Å². The number of nitrogens with one attached hydrogen (secondary N) is 1.